The molecule has 0 radical (unpaired) electrons. The normalized spacial score (nSPS) is 10.0. The van der Waals surface area contributed by atoms with Crippen LogP contribution in [-0.4, -0.2) is 31.7 Å². The van der Waals surface area contributed by atoms with E-state index in [0.29, 0.717) is 6.54 Å². The van der Waals surface area contributed by atoms with Crippen molar-refractivity contribution in [2.24, 2.45) is 0 Å². The monoisotopic (exact) mass is 321 g/mol. The molecule has 6 heteroatoms. The van der Waals surface area contributed by atoms with E-state index in [1.165, 1.54) is 37.8 Å². The van der Waals surface area contributed by atoms with Crippen molar-refractivity contribution < 1.29 is 23.9 Å². The van der Waals surface area contributed by atoms with Gasteiger partial charge in [-0.2, -0.15) is 0 Å². The highest BCUT2D eigenvalue weighted by Crippen LogP contribution is 2.08. The van der Waals surface area contributed by atoms with E-state index in [2.05, 4.69) is 17.0 Å². The Labute approximate surface area is 136 Å². The topological polar surface area (TPSA) is 81.7 Å². The van der Waals surface area contributed by atoms with Gasteiger partial charge in [0, 0.05) is 6.54 Å². The maximum absolute atomic E-state index is 11.9. The Hall–Kier alpha value is -2.37. The van der Waals surface area contributed by atoms with Gasteiger partial charge in [-0.3, -0.25) is 0 Å². The van der Waals surface area contributed by atoms with Gasteiger partial charge in [-0.15, -0.1) is 0 Å². The first-order valence-corrected chi connectivity index (χ1v) is 7.77. The van der Waals surface area contributed by atoms with E-state index in [9.17, 15) is 14.4 Å². The highest BCUT2D eigenvalue weighted by molar-refractivity contribution is 5.99. The van der Waals surface area contributed by atoms with E-state index in [-0.39, 0.29) is 11.1 Å². The van der Waals surface area contributed by atoms with E-state index in [4.69, 9.17) is 4.74 Å². The SMILES string of the molecule is CCCCCCCNC(=O)OC(=O)c1cccc(C(=O)OC)c1. The van der Waals surface area contributed by atoms with E-state index in [0.717, 1.165) is 25.7 Å². The van der Waals surface area contributed by atoms with Gasteiger partial charge in [-0.1, -0.05) is 38.7 Å². The molecule has 6 nitrogen and oxygen atoms in total. The molecule has 1 aromatic rings. The maximum atomic E-state index is 11.9. The lowest BCUT2D eigenvalue weighted by atomic mass is 10.1. The van der Waals surface area contributed by atoms with Crippen LogP contribution in [0, 0.1) is 0 Å². The number of carbonyl (C=O) groups excluding carboxylic acids is 3. The number of esters is 2. The third-order valence-electron chi connectivity index (χ3n) is 3.25. The van der Waals surface area contributed by atoms with Gasteiger partial charge in [0.15, 0.2) is 0 Å². The van der Waals surface area contributed by atoms with Crippen molar-refractivity contribution in [1.29, 1.82) is 0 Å². The Morgan fingerprint density at radius 2 is 1.65 bits per heavy atom. The summed E-state index contributed by atoms with van der Waals surface area (Å²) in [4.78, 5) is 34.8. The van der Waals surface area contributed by atoms with Crippen molar-refractivity contribution in [3.8, 4) is 0 Å². The number of benzene rings is 1. The maximum Gasteiger partial charge on any atom is 0.415 e. The van der Waals surface area contributed by atoms with Gasteiger partial charge < -0.3 is 14.8 Å². The number of hydrogen-bond donors (Lipinski definition) is 1. The molecule has 0 saturated carbocycles. The molecule has 1 amide bonds. The lowest BCUT2D eigenvalue weighted by molar-refractivity contribution is 0.0600. The molecule has 0 aliphatic heterocycles. The molecule has 1 aromatic carbocycles. The van der Waals surface area contributed by atoms with Gasteiger partial charge in [-0.25, -0.2) is 14.4 Å². The van der Waals surface area contributed by atoms with Crippen LogP contribution < -0.4 is 5.32 Å². The Bertz CT molecular complexity index is 542. The summed E-state index contributed by atoms with van der Waals surface area (Å²) >= 11 is 0. The average molecular weight is 321 g/mol. The van der Waals surface area contributed by atoms with Crippen LogP contribution in [0.15, 0.2) is 24.3 Å². The number of hydrogen-bond acceptors (Lipinski definition) is 5. The lowest BCUT2D eigenvalue weighted by Crippen LogP contribution is -2.27. The number of rotatable bonds is 8. The fourth-order valence-corrected chi connectivity index (χ4v) is 1.99. The van der Waals surface area contributed by atoms with Crippen LogP contribution >= 0.6 is 0 Å². The minimum absolute atomic E-state index is 0.117. The van der Waals surface area contributed by atoms with Crippen LogP contribution in [0.5, 0.6) is 0 Å². The predicted octanol–water partition coefficient (Wildman–Crippen LogP) is 3.31. The predicted molar refractivity (Wildman–Crippen MR) is 85.4 cm³/mol. The molecule has 0 bridgehead atoms. The zero-order chi connectivity index (χ0) is 17.1. The Morgan fingerprint density at radius 3 is 2.30 bits per heavy atom. The van der Waals surface area contributed by atoms with Crippen LogP contribution in [0.2, 0.25) is 0 Å². The second kappa shape index (κ2) is 10.4. The van der Waals surface area contributed by atoms with Crippen LogP contribution in [-0.2, 0) is 9.47 Å². The first-order chi connectivity index (χ1) is 11.1. The summed E-state index contributed by atoms with van der Waals surface area (Å²) in [5.74, 6) is -1.37. The second-order valence-corrected chi connectivity index (χ2v) is 5.09. The molecular formula is C17H23NO5. The lowest BCUT2D eigenvalue weighted by Gasteiger charge is -2.06. The highest BCUT2D eigenvalue weighted by Gasteiger charge is 2.15. The van der Waals surface area contributed by atoms with Crippen molar-refractivity contribution in [1.82, 2.24) is 5.32 Å². The summed E-state index contributed by atoms with van der Waals surface area (Å²) < 4.78 is 9.27. The van der Waals surface area contributed by atoms with Crippen molar-refractivity contribution in [2.45, 2.75) is 39.0 Å². The second-order valence-electron chi connectivity index (χ2n) is 5.09. The molecule has 0 aliphatic rings. The summed E-state index contributed by atoms with van der Waals surface area (Å²) in [6.07, 6.45) is 4.57. The molecule has 1 N–H and O–H groups in total. The standard InChI is InChI=1S/C17H23NO5/c1-3-4-5-6-7-11-18-17(21)23-16(20)14-10-8-9-13(12-14)15(19)22-2/h8-10,12H,3-7,11H2,1-2H3,(H,18,21). The van der Waals surface area contributed by atoms with Gasteiger partial charge in [0.05, 0.1) is 18.2 Å². The number of alkyl carbamates (subject to hydrolysis) is 1. The number of carbonyl (C=O) groups is 3. The third kappa shape index (κ3) is 6.95. The minimum Gasteiger partial charge on any atom is -0.465 e. The molecule has 0 spiro atoms. The summed E-state index contributed by atoms with van der Waals surface area (Å²) in [5.41, 5.74) is 0.337. The first kappa shape index (κ1) is 18.7. The number of methoxy groups -OCH3 is 1. The van der Waals surface area contributed by atoms with Crippen molar-refractivity contribution in [2.75, 3.05) is 13.7 Å². The van der Waals surface area contributed by atoms with Crippen LogP contribution in [0.1, 0.15) is 59.7 Å². The van der Waals surface area contributed by atoms with E-state index in [1.807, 2.05) is 0 Å². The number of unbranched alkanes of at least 4 members (excludes halogenated alkanes) is 4. The van der Waals surface area contributed by atoms with Gasteiger partial charge in [0.1, 0.15) is 0 Å². The zero-order valence-electron chi connectivity index (χ0n) is 13.6. The number of nitrogens with one attached hydrogen (secondary N) is 1. The van der Waals surface area contributed by atoms with Crippen molar-refractivity contribution >= 4 is 18.0 Å². The molecule has 0 unspecified atom stereocenters. The van der Waals surface area contributed by atoms with Crippen molar-refractivity contribution in [3.63, 3.8) is 0 Å². The molecular weight excluding hydrogens is 298 g/mol. The molecule has 0 saturated heterocycles. The molecule has 0 atom stereocenters. The van der Waals surface area contributed by atoms with Gasteiger partial charge in [0.25, 0.3) is 0 Å². The Kier molecular flexibility index (Phi) is 8.42. The molecule has 0 aromatic heterocycles. The largest absolute Gasteiger partial charge is 0.465 e. The zero-order valence-corrected chi connectivity index (χ0v) is 13.6. The van der Waals surface area contributed by atoms with E-state index < -0.39 is 18.0 Å². The van der Waals surface area contributed by atoms with Gasteiger partial charge in [0.2, 0.25) is 0 Å². The molecule has 126 valence electrons. The molecule has 0 aliphatic carbocycles. The van der Waals surface area contributed by atoms with Crippen molar-refractivity contribution in [3.05, 3.63) is 35.4 Å². The highest BCUT2D eigenvalue weighted by atomic mass is 16.6. The Morgan fingerprint density at radius 1 is 1.00 bits per heavy atom. The summed E-state index contributed by atoms with van der Waals surface area (Å²) in [6, 6.07) is 5.83. The smallest absolute Gasteiger partial charge is 0.415 e. The minimum atomic E-state index is -0.806. The van der Waals surface area contributed by atoms with Gasteiger partial charge >= 0.3 is 18.0 Å². The summed E-state index contributed by atoms with van der Waals surface area (Å²) in [6.45, 7) is 2.61. The Balaban J connectivity index is 2.40. The number of amides is 1. The van der Waals surface area contributed by atoms with Crippen LogP contribution in [0.4, 0.5) is 4.79 Å². The fourth-order valence-electron chi connectivity index (χ4n) is 1.99. The molecule has 0 heterocycles. The summed E-state index contributed by atoms with van der Waals surface area (Å²) in [5, 5.41) is 2.54. The fraction of sp³-hybridized carbons (Fsp3) is 0.471. The molecule has 1 rings (SSSR count). The molecule has 0 fully saturated rings. The number of ether oxygens (including phenoxy) is 2. The molecule has 23 heavy (non-hydrogen) atoms. The van der Waals surface area contributed by atoms with Crippen LogP contribution in [0.25, 0.3) is 0 Å². The van der Waals surface area contributed by atoms with Gasteiger partial charge in [-0.05, 0) is 24.6 Å². The third-order valence-corrected chi connectivity index (χ3v) is 3.25. The quantitative estimate of drug-likeness (QED) is 0.451. The van der Waals surface area contributed by atoms with E-state index >= 15 is 0 Å². The van der Waals surface area contributed by atoms with Crippen LogP contribution in [0.3, 0.4) is 0 Å². The average Bonchev–Trinajstić information content (AvgIpc) is 2.57. The summed E-state index contributed by atoms with van der Waals surface area (Å²) in [7, 11) is 1.25. The first-order valence-electron chi connectivity index (χ1n) is 7.77. The van der Waals surface area contributed by atoms with E-state index in [1.54, 1.807) is 0 Å².